The van der Waals surface area contributed by atoms with E-state index in [4.69, 9.17) is 4.42 Å². The summed E-state index contributed by atoms with van der Waals surface area (Å²) in [6.07, 6.45) is 5.46. The fourth-order valence-electron chi connectivity index (χ4n) is 5.74. The van der Waals surface area contributed by atoms with Gasteiger partial charge < -0.3 is 14.4 Å². The fourth-order valence-corrected chi connectivity index (χ4v) is 5.74. The summed E-state index contributed by atoms with van der Waals surface area (Å²) in [6, 6.07) is 51.3. The van der Waals surface area contributed by atoms with Crippen LogP contribution in [0.4, 0.5) is 0 Å². The van der Waals surface area contributed by atoms with Gasteiger partial charge in [0.2, 0.25) is 0 Å². The first-order chi connectivity index (χ1) is 22.3. The molecule has 0 unspecified atom stereocenters. The van der Waals surface area contributed by atoms with Crippen LogP contribution in [0.25, 0.3) is 77.3 Å². The molecule has 0 saturated carbocycles. The molecule has 0 aliphatic rings. The number of hydrogen-bond acceptors (Lipinski definition) is 4. The maximum atomic E-state index is 6.47. The molecule has 0 spiro atoms. The van der Waals surface area contributed by atoms with E-state index in [0.29, 0.717) is 0 Å². The van der Waals surface area contributed by atoms with Gasteiger partial charge in [-0.1, -0.05) is 77.7 Å². The average Bonchev–Trinajstić information content (AvgIpc) is 3.52. The monoisotopic (exact) mass is 768 g/mol. The van der Waals surface area contributed by atoms with Crippen molar-refractivity contribution < 1.29 is 24.5 Å². The van der Waals surface area contributed by atoms with Gasteiger partial charge in [0.25, 0.3) is 0 Å². The SMILES string of the molecule is [Ir].[c-]1ccc2c(oc3c4ccccc4ccc23)c1-c1cc(-c2ccc3ncccc3c2)ccn1.[c-]1ccccc1-c1ccccn1. The van der Waals surface area contributed by atoms with E-state index in [9.17, 15) is 0 Å². The number of nitrogens with zero attached hydrogens (tertiary/aromatic N) is 3. The molecule has 1 radical (unpaired) electrons. The third kappa shape index (κ3) is 5.59. The summed E-state index contributed by atoms with van der Waals surface area (Å²) in [4.78, 5) is 13.3. The maximum absolute atomic E-state index is 6.47. The Labute approximate surface area is 279 Å². The molecule has 9 aromatic rings. The maximum Gasteiger partial charge on any atom is 0.128 e. The van der Waals surface area contributed by atoms with Crippen molar-refractivity contribution in [3.8, 4) is 33.6 Å². The zero-order valence-electron chi connectivity index (χ0n) is 24.5. The average molecular weight is 768 g/mol. The van der Waals surface area contributed by atoms with Crippen molar-refractivity contribution in [2.45, 2.75) is 0 Å². The number of benzene rings is 5. The van der Waals surface area contributed by atoms with Crippen molar-refractivity contribution in [3.63, 3.8) is 0 Å². The van der Waals surface area contributed by atoms with Crippen LogP contribution in [0.3, 0.4) is 0 Å². The summed E-state index contributed by atoms with van der Waals surface area (Å²) < 4.78 is 6.47. The van der Waals surface area contributed by atoms with E-state index < -0.39 is 0 Å². The number of pyridine rings is 3. The Morgan fingerprint density at radius 2 is 1.28 bits per heavy atom. The zero-order valence-corrected chi connectivity index (χ0v) is 26.9. The van der Waals surface area contributed by atoms with Crippen LogP contribution in [0, 0.1) is 12.1 Å². The number of furan rings is 1. The molecular formula is C41H25IrN3O-2. The summed E-state index contributed by atoms with van der Waals surface area (Å²) in [5, 5.41) is 5.58. The second-order valence-corrected chi connectivity index (χ2v) is 10.7. The Balaban J connectivity index is 0.000000220. The normalized spacial score (nSPS) is 10.9. The van der Waals surface area contributed by atoms with Gasteiger partial charge in [-0.25, -0.2) is 0 Å². The minimum absolute atomic E-state index is 0. The Morgan fingerprint density at radius 1 is 0.478 bits per heavy atom. The van der Waals surface area contributed by atoms with Gasteiger partial charge in [-0.15, -0.1) is 54.1 Å². The van der Waals surface area contributed by atoms with Gasteiger partial charge in [-0.3, -0.25) is 4.98 Å². The molecule has 0 amide bonds. The minimum Gasteiger partial charge on any atom is -0.500 e. The van der Waals surface area contributed by atoms with E-state index in [1.54, 1.807) is 6.20 Å². The third-order valence-electron chi connectivity index (χ3n) is 7.93. The molecule has 5 aromatic carbocycles. The summed E-state index contributed by atoms with van der Waals surface area (Å²) in [5.74, 6) is 0. The van der Waals surface area contributed by atoms with Crippen molar-refractivity contribution in [1.29, 1.82) is 0 Å². The molecule has 0 fully saturated rings. The van der Waals surface area contributed by atoms with Gasteiger partial charge in [0.15, 0.2) is 0 Å². The molecule has 0 bridgehead atoms. The Bertz CT molecular complexity index is 2400. The van der Waals surface area contributed by atoms with Crippen LogP contribution in [-0.4, -0.2) is 15.0 Å². The van der Waals surface area contributed by atoms with Crippen molar-refractivity contribution in [1.82, 2.24) is 15.0 Å². The molecule has 0 aliphatic heterocycles. The van der Waals surface area contributed by atoms with Crippen LogP contribution in [-0.2, 0) is 20.1 Å². The van der Waals surface area contributed by atoms with Gasteiger partial charge in [-0.05, 0) is 58.2 Å². The quantitative estimate of drug-likeness (QED) is 0.168. The topological polar surface area (TPSA) is 51.8 Å². The van der Waals surface area contributed by atoms with E-state index in [1.165, 1.54) is 5.39 Å². The summed E-state index contributed by atoms with van der Waals surface area (Å²) in [6.45, 7) is 0. The smallest absolute Gasteiger partial charge is 0.128 e. The minimum atomic E-state index is 0. The number of fused-ring (bicyclic) bond motifs is 6. The molecule has 0 saturated heterocycles. The second kappa shape index (κ2) is 12.9. The van der Waals surface area contributed by atoms with E-state index in [0.717, 1.165) is 71.9 Å². The largest absolute Gasteiger partial charge is 0.500 e. The molecular weight excluding hydrogens is 743 g/mol. The first-order valence-corrected chi connectivity index (χ1v) is 14.8. The number of rotatable bonds is 3. The van der Waals surface area contributed by atoms with Gasteiger partial charge in [0.1, 0.15) is 5.58 Å². The van der Waals surface area contributed by atoms with Crippen LogP contribution < -0.4 is 0 Å². The van der Waals surface area contributed by atoms with Crippen LogP contribution in [0.15, 0.2) is 156 Å². The summed E-state index contributed by atoms with van der Waals surface area (Å²) in [5.41, 5.74) is 8.65. The molecule has 4 heterocycles. The van der Waals surface area contributed by atoms with Crippen LogP contribution in [0.2, 0.25) is 0 Å². The first kappa shape index (κ1) is 29.2. The molecule has 0 N–H and O–H groups in total. The van der Waals surface area contributed by atoms with E-state index in [-0.39, 0.29) is 20.1 Å². The van der Waals surface area contributed by atoms with Crippen molar-refractivity contribution in [2.24, 2.45) is 0 Å². The Kier molecular flexibility index (Phi) is 8.18. The predicted molar refractivity (Wildman–Crippen MR) is 183 cm³/mol. The van der Waals surface area contributed by atoms with E-state index in [1.807, 2.05) is 85.2 Å². The molecule has 9 rings (SSSR count). The number of hydrogen-bond donors (Lipinski definition) is 0. The molecule has 4 aromatic heterocycles. The van der Waals surface area contributed by atoms with E-state index >= 15 is 0 Å². The summed E-state index contributed by atoms with van der Waals surface area (Å²) >= 11 is 0. The molecule has 5 heteroatoms. The fraction of sp³-hybridized carbons (Fsp3) is 0. The molecule has 0 aliphatic carbocycles. The predicted octanol–water partition coefficient (Wildman–Crippen LogP) is 10.4. The van der Waals surface area contributed by atoms with Crippen LogP contribution in [0.5, 0.6) is 0 Å². The first-order valence-electron chi connectivity index (χ1n) is 14.8. The second-order valence-electron chi connectivity index (χ2n) is 10.7. The number of aromatic nitrogens is 3. The molecule has 46 heavy (non-hydrogen) atoms. The molecule has 4 nitrogen and oxygen atoms in total. The van der Waals surface area contributed by atoms with E-state index in [2.05, 4.69) is 87.7 Å². The van der Waals surface area contributed by atoms with Gasteiger partial charge in [0, 0.05) is 54.9 Å². The van der Waals surface area contributed by atoms with Crippen LogP contribution in [0.1, 0.15) is 0 Å². The Morgan fingerprint density at radius 3 is 2.17 bits per heavy atom. The van der Waals surface area contributed by atoms with Crippen molar-refractivity contribution in [2.75, 3.05) is 0 Å². The van der Waals surface area contributed by atoms with Crippen molar-refractivity contribution >= 4 is 43.6 Å². The van der Waals surface area contributed by atoms with Crippen LogP contribution >= 0.6 is 0 Å². The van der Waals surface area contributed by atoms with Gasteiger partial charge >= 0.3 is 0 Å². The van der Waals surface area contributed by atoms with Gasteiger partial charge in [-0.2, -0.15) is 0 Å². The molecule has 0 atom stereocenters. The molecule has 221 valence electrons. The van der Waals surface area contributed by atoms with Gasteiger partial charge in [0.05, 0.1) is 11.1 Å². The zero-order chi connectivity index (χ0) is 30.0. The summed E-state index contributed by atoms with van der Waals surface area (Å²) in [7, 11) is 0. The van der Waals surface area contributed by atoms with Crippen molar-refractivity contribution in [3.05, 3.63) is 164 Å². The third-order valence-corrected chi connectivity index (χ3v) is 7.93. The Hall–Kier alpha value is -5.48. The standard InChI is InChI=1S/C30H17N2O.C11H8N.Ir/c1-2-7-23-19(5-1)10-12-25-24-8-3-9-26(30(24)33-29(23)25)28-18-21(14-16-32-28)20-11-13-27-22(17-20)6-4-15-31-27;1-2-6-10(7-3-1)11-8-4-5-9-12-11;/h1-8,10-18H;1-6,8-9H;/q2*-1;.